The van der Waals surface area contributed by atoms with E-state index < -0.39 is 20.6 Å². The number of carbonyl (C=O) groups is 1. The maximum Gasteiger partial charge on any atom is 0.259 e. The first-order valence-electron chi connectivity index (χ1n) is 9.21. The highest BCUT2D eigenvalue weighted by atomic mass is 35.5. The molecule has 0 aliphatic carbocycles. The van der Waals surface area contributed by atoms with Gasteiger partial charge in [0.05, 0.1) is 28.4 Å². The van der Waals surface area contributed by atoms with Gasteiger partial charge >= 0.3 is 0 Å². The maximum atomic E-state index is 13.1. The summed E-state index contributed by atoms with van der Waals surface area (Å²) in [5.41, 5.74) is 2.36. The number of hydrogen-bond acceptors (Lipinski definition) is 5. The molecule has 2 aliphatic heterocycles. The fourth-order valence-corrected chi connectivity index (χ4v) is 5.84. The third-order valence-corrected chi connectivity index (χ3v) is 7.94. The Balaban J connectivity index is 1.67. The predicted octanol–water partition coefficient (Wildman–Crippen LogP) is 2.56. The molecule has 0 radical (unpaired) electrons. The van der Waals surface area contributed by atoms with Crippen LogP contribution in [0.3, 0.4) is 0 Å². The summed E-state index contributed by atoms with van der Waals surface area (Å²) in [5.74, 6) is 0.0426. The highest BCUT2D eigenvalue weighted by molar-refractivity contribution is 7.92. The first-order valence-corrected chi connectivity index (χ1v) is 11.3. The molecule has 0 spiro atoms. The quantitative estimate of drug-likeness (QED) is 0.827. The highest BCUT2D eigenvalue weighted by Crippen LogP contribution is 2.42. The molecule has 4 rings (SSSR count). The SMILES string of the molecule is CC1(C)c2cc(Cl)ccc2C(=O)N1c1cncc(CC2CNCCS2(=O)=O)c1. The van der Waals surface area contributed by atoms with Gasteiger partial charge in [-0.1, -0.05) is 11.6 Å². The molecule has 1 amide bonds. The van der Waals surface area contributed by atoms with Crippen LogP contribution >= 0.6 is 11.6 Å². The predicted molar refractivity (Wildman–Crippen MR) is 110 cm³/mol. The number of benzene rings is 1. The van der Waals surface area contributed by atoms with E-state index in [1.54, 1.807) is 29.4 Å². The summed E-state index contributed by atoms with van der Waals surface area (Å²) in [6.45, 7) is 4.86. The molecule has 0 bridgehead atoms. The lowest BCUT2D eigenvalue weighted by Gasteiger charge is -2.32. The Kier molecular flexibility index (Phi) is 4.72. The van der Waals surface area contributed by atoms with E-state index in [1.165, 1.54) is 0 Å². The zero-order chi connectivity index (χ0) is 20.1. The van der Waals surface area contributed by atoms with Gasteiger partial charge in [-0.25, -0.2) is 8.42 Å². The number of hydrogen-bond donors (Lipinski definition) is 1. The lowest BCUT2D eigenvalue weighted by molar-refractivity contribution is 0.0982. The van der Waals surface area contributed by atoms with E-state index in [1.807, 2.05) is 26.0 Å². The van der Waals surface area contributed by atoms with Crippen LogP contribution in [0, 0.1) is 0 Å². The van der Waals surface area contributed by atoms with E-state index in [9.17, 15) is 13.2 Å². The fraction of sp³-hybridized carbons (Fsp3) is 0.400. The number of fused-ring (bicyclic) bond motifs is 1. The Hall–Kier alpha value is -1.96. The van der Waals surface area contributed by atoms with Crippen molar-refractivity contribution in [2.75, 3.05) is 23.7 Å². The Bertz CT molecular complexity index is 1050. The molecule has 1 N–H and O–H groups in total. The van der Waals surface area contributed by atoms with Gasteiger partial charge in [-0.2, -0.15) is 0 Å². The van der Waals surface area contributed by atoms with Crippen molar-refractivity contribution in [3.63, 3.8) is 0 Å². The Morgan fingerprint density at radius 2 is 2.07 bits per heavy atom. The average Bonchev–Trinajstić information content (AvgIpc) is 2.82. The minimum Gasteiger partial charge on any atom is -0.314 e. The van der Waals surface area contributed by atoms with Crippen LogP contribution in [0.15, 0.2) is 36.7 Å². The molecule has 6 nitrogen and oxygen atoms in total. The van der Waals surface area contributed by atoms with Gasteiger partial charge in [0, 0.05) is 29.9 Å². The molecule has 28 heavy (non-hydrogen) atoms. The van der Waals surface area contributed by atoms with Crippen molar-refractivity contribution in [3.05, 3.63) is 58.4 Å². The highest BCUT2D eigenvalue weighted by Gasteiger charge is 2.44. The van der Waals surface area contributed by atoms with Gasteiger partial charge < -0.3 is 5.32 Å². The molecule has 8 heteroatoms. The molecule has 2 aromatic rings. The maximum absolute atomic E-state index is 13.1. The monoisotopic (exact) mass is 419 g/mol. The summed E-state index contributed by atoms with van der Waals surface area (Å²) >= 11 is 6.15. The zero-order valence-electron chi connectivity index (χ0n) is 15.8. The second kappa shape index (κ2) is 6.83. The van der Waals surface area contributed by atoms with E-state index in [0.717, 1.165) is 11.1 Å². The van der Waals surface area contributed by atoms with Crippen LogP contribution in [0.1, 0.15) is 35.3 Å². The second-order valence-corrected chi connectivity index (χ2v) is 10.7. The molecule has 3 heterocycles. The molecule has 1 fully saturated rings. The minimum atomic E-state index is -3.12. The van der Waals surface area contributed by atoms with Crippen molar-refractivity contribution in [1.82, 2.24) is 10.3 Å². The van der Waals surface area contributed by atoms with Gasteiger partial charge in [0.15, 0.2) is 9.84 Å². The van der Waals surface area contributed by atoms with E-state index in [0.29, 0.717) is 35.8 Å². The number of aromatic nitrogens is 1. The topological polar surface area (TPSA) is 79.4 Å². The number of pyridine rings is 1. The molecule has 148 valence electrons. The van der Waals surface area contributed by atoms with Crippen molar-refractivity contribution in [2.24, 2.45) is 0 Å². The summed E-state index contributed by atoms with van der Waals surface area (Å²) in [6, 6.07) is 7.16. The van der Waals surface area contributed by atoms with Crippen molar-refractivity contribution in [2.45, 2.75) is 31.1 Å². The average molecular weight is 420 g/mol. The van der Waals surface area contributed by atoms with Crippen LogP contribution in [-0.4, -0.2) is 43.4 Å². The summed E-state index contributed by atoms with van der Waals surface area (Å²) in [5, 5.41) is 3.25. The lowest BCUT2D eigenvalue weighted by atomic mass is 9.93. The van der Waals surface area contributed by atoms with Gasteiger partial charge in [-0.3, -0.25) is 14.7 Å². The van der Waals surface area contributed by atoms with Crippen molar-refractivity contribution < 1.29 is 13.2 Å². The van der Waals surface area contributed by atoms with Gasteiger partial charge in [-0.05, 0) is 55.7 Å². The number of nitrogens with zero attached hydrogens (tertiary/aromatic N) is 2. The van der Waals surface area contributed by atoms with E-state index >= 15 is 0 Å². The molecular weight excluding hydrogens is 398 g/mol. The standard InChI is InChI=1S/C20H22ClN3O3S/c1-20(2)18-9-14(21)3-4-17(18)19(25)24(20)15-7-13(10-23-11-15)8-16-12-22-5-6-28(16,26)27/h3-4,7,9-11,16,22H,5-6,8,12H2,1-2H3. The van der Waals surface area contributed by atoms with Crippen molar-refractivity contribution in [3.8, 4) is 0 Å². The first kappa shape index (κ1) is 19.4. The zero-order valence-corrected chi connectivity index (χ0v) is 17.3. The summed E-state index contributed by atoms with van der Waals surface area (Å²) in [4.78, 5) is 19.1. The molecule has 1 aromatic heterocycles. The van der Waals surface area contributed by atoms with Crippen molar-refractivity contribution >= 4 is 33.0 Å². The molecule has 1 aromatic carbocycles. The number of carbonyl (C=O) groups excluding carboxylic acids is 1. The normalized spacial score (nSPS) is 22.9. The number of anilines is 1. The summed E-state index contributed by atoms with van der Waals surface area (Å²) < 4.78 is 24.7. The summed E-state index contributed by atoms with van der Waals surface area (Å²) in [7, 11) is -3.12. The third kappa shape index (κ3) is 3.21. The van der Waals surface area contributed by atoms with Gasteiger partial charge in [0.1, 0.15) is 0 Å². The van der Waals surface area contributed by atoms with Gasteiger partial charge in [-0.15, -0.1) is 0 Å². The molecule has 2 aliphatic rings. The number of amides is 1. The van der Waals surface area contributed by atoms with Crippen LogP contribution in [0.2, 0.25) is 5.02 Å². The van der Waals surface area contributed by atoms with Crippen LogP contribution in [-0.2, 0) is 21.8 Å². The van der Waals surface area contributed by atoms with Gasteiger partial charge in [0.2, 0.25) is 0 Å². The fourth-order valence-electron chi connectivity index (χ4n) is 4.08. The Labute approximate surface area is 169 Å². The number of sulfone groups is 1. The molecule has 0 saturated carbocycles. The molecular formula is C20H22ClN3O3S. The van der Waals surface area contributed by atoms with Crippen LogP contribution in [0.5, 0.6) is 0 Å². The van der Waals surface area contributed by atoms with Crippen LogP contribution in [0.4, 0.5) is 5.69 Å². The molecule has 1 atom stereocenters. The largest absolute Gasteiger partial charge is 0.314 e. The number of nitrogens with one attached hydrogen (secondary N) is 1. The van der Waals surface area contributed by atoms with E-state index in [2.05, 4.69) is 10.3 Å². The Morgan fingerprint density at radius 3 is 2.82 bits per heavy atom. The van der Waals surface area contributed by atoms with E-state index in [4.69, 9.17) is 11.6 Å². The number of halogens is 1. The second-order valence-electron chi connectivity index (χ2n) is 7.84. The summed E-state index contributed by atoms with van der Waals surface area (Å²) in [6.07, 6.45) is 3.69. The Morgan fingerprint density at radius 1 is 1.29 bits per heavy atom. The van der Waals surface area contributed by atoms with Gasteiger partial charge in [0.25, 0.3) is 5.91 Å². The molecule has 1 unspecified atom stereocenters. The third-order valence-electron chi connectivity index (χ3n) is 5.58. The minimum absolute atomic E-state index is 0.109. The van der Waals surface area contributed by atoms with Crippen LogP contribution in [0.25, 0.3) is 0 Å². The van der Waals surface area contributed by atoms with Crippen molar-refractivity contribution in [1.29, 1.82) is 0 Å². The lowest BCUT2D eigenvalue weighted by Crippen LogP contribution is -2.45. The first-order chi connectivity index (χ1) is 13.2. The smallest absolute Gasteiger partial charge is 0.259 e. The molecule has 1 saturated heterocycles. The van der Waals surface area contributed by atoms with Crippen LogP contribution < -0.4 is 10.2 Å². The van der Waals surface area contributed by atoms with E-state index in [-0.39, 0.29) is 11.7 Å². The number of rotatable bonds is 3.